The molecule has 6 rings (SSSR count). The van der Waals surface area contributed by atoms with E-state index in [1.165, 1.54) is 84.3 Å². The SMILES string of the molecule is CC(=O)c1ccc(Br)cc1-n1nncc1-c1ccc(OC(F)(F)F)cc1.COC(=O)c1ccc(Br)cc1-n1nncc1-c1ccc(OC(F)(F)F)cc1. The van der Waals surface area contributed by atoms with Crippen LogP contribution in [0.1, 0.15) is 27.6 Å². The van der Waals surface area contributed by atoms with Gasteiger partial charge >= 0.3 is 18.7 Å². The molecule has 0 aliphatic heterocycles. The average molecular weight is 868 g/mol. The van der Waals surface area contributed by atoms with E-state index in [0.717, 1.165) is 4.47 Å². The number of Topliss-reactive ketones (excluding diaryl/α,β-unsaturated/α-hetero) is 1. The molecule has 0 radical (unpaired) electrons. The van der Waals surface area contributed by atoms with Crippen molar-refractivity contribution in [1.82, 2.24) is 30.0 Å². The van der Waals surface area contributed by atoms with Gasteiger partial charge in [0.15, 0.2) is 5.78 Å². The monoisotopic (exact) mass is 866 g/mol. The Hall–Kier alpha value is -5.56. The van der Waals surface area contributed by atoms with Gasteiger partial charge < -0.3 is 14.2 Å². The second-order valence-electron chi connectivity index (χ2n) is 10.6. The predicted octanol–water partition coefficient (Wildman–Crippen LogP) is 9.18. The van der Waals surface area contributed by atoms with E-state index in [1.54, 1.807) is 36.4 Å². The van der Waals surface area contributed by atoms with Crippen LogP contribution in [0, 0.1) is 0 Å². The molecule has 6 aromatic rings. The van der Waals surface area contributed by atoms with Crippen molar-refractivity contribution >= 4 is 43.6 Å². The van der Waals surface area contributed by atoms with Gasteiger partial charge in [-0.05, 0) is 91.9 Å². The maximum absolute atomic E-state index is 12.3. The smallest absolute Gasteiger partial charge is 0.465 e. The number of aromatic nitrogens is 6. The number of nitrogens with zero attached hydrogens (tertiary/aromatic N) is 6. The number of methoxy groups -OCH3 is 1. The van der Waals surface area contributed by atoms with Crippen LogP contribution in [-0.2, 0) is 4.74 Å². The fourth-order valence-electron chi connectivity index (χ4n) is 4.81. The Morgan fingerprint density at radius 2 is 1.02 bits per heavy atom. The lowest BCUT2D eigenvalue weighted by atomic mass is 10.1. The highest BCUT2D eigenvalue weighted by Gasteiger charge is 2.32. The van der Waals surface area contributed by atoms with Gasteiger partial charge in [-0.3, -0.25) is 4.79 Å². The first-order chi connectivity index (χ1) is 25.0. The third kappa shape index (κ3) is 9.86. The fraction of sp³-hybridized carbons (Fsp3) is 0.118. The van der Waals surface area contributed by atoms with E-state index in [2.05, 4.69) is 62.0 Å². The van der Waals surface area contributed by atoms with E-state index in [-0.39, 0.29) is 22.8 Å². The normalized spacial score (nSPS) is 11.4. The lowest BCUT2D eigenvalue weighted by Crippen LogP contribution is -2.17. The van der Waals surface area contributed by atoms with Gasteiger partial charge in [0.2, 0.25) is 0 Å². The number of alkyl halides is 6. The number of ether oxygens (including phenoxy) is 3. The minimum Gasteiger partial charge on any atom is -0.465 e. The summed E-state index contributed by atoms with van der Waals surface area (Å²) in [4.78, 5) is 23.9. The molecule has 2 aromatic heterocycles. The second kappa shape index (κ2) is 16.0. The summed E-state index contributed by atoms with van der Waals surface area (Å²) in [7, 11) is 1.26. The minimum absolute atomic E-state index is 0.150. The molecular weight excluding hydrogens is 846 g/mol. The first kappa shape index (κ1) is 38.7. The zero-order valence-corrected chi connectivity index (χ0v) is 30.2. The van der Waals surface area contributed by atoms with Gasteiger partial charge in [0.25, 0.3) is 0 Å². The molecule has 4 aromatic carbocycles. The molecule has 274 valence electrons. The third-order valence-corrected chi connectivity index (χ3v) is 8.01. The maximum Gasteiger partial charge on any atom is 0.573 e. The van der Waals surface area contributed by atoms with Crippen molar-refractivity contribution in [3.05, 3.63) is 117 Å². The Kier molecular flexibility index (Phi) is 11.7. The Morgan fingerprint density at radius 1 is 0.623 bits per heavy atom. The van der Waals surface area contributed by atoms with Crippen molar-refractivity contribution < 1.29 is 50.1 Å². The van der Waals surface area contributed by atoms with E-state index >= 15 is 0 Å². The molecule has 53 heavy (non-hydrogen) atoms. The molecular formula is C34H22Br2F6N6O5. The lowest BCUT2D eigenvalue weighted by molar-refractivity contribution is -0.275. The molecule has 0 unspecified atom stereocenters. The van der Waals surface area contributed by atoms with Gasteiger partial charge in [0.05, 0.1) is 47.8 Å². The zero-order chi connectivity index (χ0) is 38.5. The summed E-state index contributed by atoms with van der Waals surface area (Å²) in [5.74, 6) is -1.38. The predicted molar refractivity (Wildman–Crippen MR) is 184 cm³/mol. The van der Waals surface area contributed by atoms with E-state index in [4.69, 9.17) is 4.74 Å². The molecule has 0 spiro atoms. The van der Waals surface area contributed by atoms with Crippen LogP contribution in [0.5, 0.6) is 11.5 Å². The van der Waals surface area contributed by atoms with Crippen LogP contribution in [0.25, 0.3) is 33.9 Å². The van der Waals surface area contributed by atoms with Crippen molar-refractivity contribution in [3.8, 4) is 45.4 Å². The zero-order valence-electron chi connectivity index (χ0n) is 27.0. The minimum atomic E-state index is -4.77. The molecule has 0 amide bonds. The highest BCUT2D eigenvalue weighted by molar-refractivity contribution is 9.10. The Morgan fingerprint density at radius 3 is 1.40 bits per heavy atom. The summed E-state index contributed by atoms with van der Waals surface area (Å²) in [6, 6.07) is 20.6. The third-order valence-electron chi connectivity index (χ3n) is 7.03. The van der Waals surface area contributed by atoms with E-state index in [0.29, 0.717) is 43.9 Å². The van der Waals surface area contributed by atoms with Crippen molar-refractivity contribution in [2.75, 3.05) is 7.11 Å². The molecule has 0 saturated heterocycles. The summed E-state index contributed by atoms with van der Waals surface area (Å²) in [5.41, 5.74) is 3.70. The Labute approximate surface area is 312 Å². The second-order valence-corrected chi connectivity index (χ2v) is 12.4. The van der Waals surface area contributed by atoms with Gasteiger partial charge in [-0.1, -0.05) is 42.3 Å². The average Bonchev–Trinajstić information content (AvgIpc) is 3.78. The summed E-state index contributed by atoms with van der Waals surface area (Å²) >= 11 is 6.69. The molecule has 0 fully saturated rings. The molecule has 19 heteroatoms. The maximum atomic E-state index is 12.3. The number of carbonyl (C=O) groups excluding carboxylic acids is 2. The number of esters is 1. The van der Waals surface area contributed by atoms with Crippen LogP contribution in [-0.4, -0.2) is 61.6 Å². The van der Waals surface area contributed by atoms with E-state index in [1.807, 2.05) is 0 Å². The summed E-state index contributed by atoms with van der Waals surface area (Å²) in [6.45, 7) is 1.44. The van der Waals surface area contributed by atoms with Crippen LogP contribution in [0.4, 0.5) is 26.3 Å². The van der Waals surface area contributed by atoms with Crippen LogP contribution in [0.2, 0.25) is 0 Å². The molecule has 11 nitrogen and oxygen atoms in total. The first-order valence-corrected chi connectivity index (χ1v) is 16.3. The van der Waals surface area contributed by atoms with Crippen LogP contribution >= 0.6 is 31.9 Å². The number of carbonyl (C=O) groups is 2. The van der Waals surface area contributed by atoms with Crippen molar-refractivity contribution in [3.63, 3.8) is 0 Å². The molecule has 0 atom stereocenters. The van der Waals surface area contributed by atoms with E-state index in [9.17, 15) is 35.9 Å². The molecule has 0 aliphatic carbocycles. The van der Waals surface area contributed by atoms with Gasteiger partial charge in [-0.15, -0.1) is 36.5 Å². The largest absolute Gasteiger partial charge is 0.573 e. The fourth-order valence-corrected chi connectivity index (χ4v) is 5.51. The van der Waals surface area contributed by atoms with Gasteiger partial charge in [-0.2, -0.15) is 0 Å². The molecule has 0 N–H and O–H groups in total. The first-order valence-electron chi connectivity index (χ1n) is 14.8. The van der Waals surface area contributed by atoms with Crippen LogP contribution < -0.4 is 9.47 Å². The quantitative estimate of drug-likeness (QED) is 0.0837. The highest BCUT2D eigenvalue weighted by Crippen LogP contribution is 2.31. The number of hydrogen-bond acceptors (Lipinski definition) is 9. The summed E-state index contributed by atoms with van der Waals surface area (Å²) in [6.07, 6.45) is -6.62. The molecule has 2 heterocycles. The van der Waals surface area contributed by atoms with Crippen molar-refractivity contribution in [2.24, 2.45) is 0 Å². The number of benzene rings is 4. The summed E-state index contributed by atoms with van der Waals surface area (Å²) in [5, 5.41) is 15.7. The van der Waals surface area contributed by atoms with Gasteiger partial charge in [-0.25, -0.2) is 14.2 Å². The lowest BCUT2D eigenvalue weighted by Gasteiger charge is -2.12. The number of hydrogen-bond donors (Lipinski definition) is 0. The number of halogens is 8. The van der Waals surface area contributed by atoms with Crippen LogP contribution in [0.15, 0.2) is 106 Å². The van der Waals surface area contributed by atoms with Crippen molar-refractivity contribution in [1.29, 1.82) is 0 Å². The number of ketones is 1. The van der Waals surface area contributed by atoms with Gasteiger partial charge in [0, 0.05) is 25.6 Å². The topological polar surface area (TPSA) is 123 Å². The molecule has 0 bridgehead atoms. The van der Waals surface area contributed by atoms with Crippen molar-refractivity contribution in [2.45, 2.75) is 19.6 Å². The van der Waals surface area contributed by atoms with Gasteiger partial charge in [0.1, 0.15) is 11.5 Å². The summed E-state index contributed by atoms with van der Waals surface area (Å²) < 4.78 is 90.5. The highest BCUT2D eigenvalue weighted by atomic mass is 79.9. The number of rotatable bonds is 8. The Balaban J connectivity index is 0.000000204. The van der Waals surface area contributed by atoms with Crippen LogP contribution in [0.3, 0.4) is 0 Å². The van der Waals surface area contributed by atoms with E-state index < -0.39 is 18.7 Å². The molecule has 0 aliphatic rings. The Bertz CT molecular complexity index is 2240. The standard InChI is InChI=1S/C17H11BrF3N3O3.C17H11BrF3N3O2/c1-26-16(25)13-7-4-11(18)8-14(13)24-15(9-22-23-24)10-2-5-12(6-3-10)27-17(19,20)21;1-10(25)14-7-4-12(18)8-15(14)24-16(9-22-23-24)11-2-5-13(6-3-11)26-17(19,20)21/h2-9H,1H3;2-9H,1H3. The molecule has 0 saturated carbocycles.